The third kappa shape index (κ3) is 6.21. The van der Waals surface area contributed by atoms with Gasteiger partial charge in [-0.3, -0.25) is 9.78 Å². The van der Waals surface area contributed by atoms with Crippen LogP contribution in [-0.4, -0.2) is 57.7 Å². The van der Waals surface area contributed by atoms with Gasteiger partial charge in [0.1, 0.15) is 17.7 Å². The van der Waals surface area contributed by atoms with Crippen molar-refractivity contribution in [3.05, 3.63) is 18.6 Å². The van der Waals surface area contributed by atoms with Crippen molar-refractivity contribution < 1.29 is 19.1 Å². The van der Waals surface area contributed by atoms with Crippen LogP contribution in [-0.2, 0) is 9.53 Å². The molecule has 1 N–H and O–H groups in total. The summed E-state index contributed by atoms with van der Waals surface area (Å²) in [7, 11) is 0. The topological polar surface area (TPSA) is 93.7 Å². The summed E-state index contributed by atoms with van der Waals surface area (Å²) >= 11 is 0. The largest absolute Gasteiger partial charge is 0.471 e. The van der Waals surface area contributed by atoms with E-state index in [4.69, 9.17) is 9.47 Å². The molecule has 8 heteroatoms. The van der Waals surface area contributed by atoms with Gasteiger partial charge < -0.3 is 19.7 Å². The number of aromatic nitrogens is 2. The Morgan fingerprint density at radius 2 is 2.12 bits per heavy atom. The average molecular weight is 350 g/mol. The molecule has 0 aliphatic carbocycles. The highest BCUT2D eigenvalue weighted by Crippen LogP contribution is 2.16. The molecular formula is C17H26N4O4. The molecule has 2 heterocycles. The summed E-state index contributed by atoms with van der Waals surface area (Å²) in [5.41, 5.74) is -0.604. The zero-order chi connectivity index (χ0) is 18.4. The molecule has 2 rings (SSSR count). The smallest absolute Gasteiger partial charge is 0.408 e. The first-order chi connectivity index (χ1) is 11.7. The van der Waals surface area contributed by atoms with Crippen molar-refractivity contribution in [2.45, 2.75) is 58.3 Å². The van der Waals surface area contributed by atoms with Gasteiger partial charge in [0.2, 0.25) is 11.8 Å². The maximum absolute atomic E-state index is 12.6. The third-order valence-electron chi connectivity index (χ3n) is 3.62. The molecule has 1 aromatic rings. The van der Waals surface area contributed by atoms with E-state index in [2.05, 4.69) is 15.3 Å². The van der Waals surface area contributed by atoms with Crippen LogP contribution < -0.4 is 10.1 Å². The molecule has 0 aromatic carbocycles. The van der Waals surface area contributed by atoms with Crippen LogP contribution >= 0.6 is 0 Å². The predicted molar refractivity (Wildman–Crippen MR) is 91.1 cm³/mol. The van der Waals surface area contributed by atoms with E-state index >= 15 is 0 Å². The number of hydrogen-bond acceptors (Lipinski definition) is 6. The van der Waals surface area contributed by atoms with Crippen molar-refractivity contribution in [1.29, 1.82) is 0 Å². The standard InChI is InChI=1S/C17H26N4O4/c1-12(20-16(23)25-17(2,3)4)15(22)21-9-5-6-13(11-21)24-14-10-18-7-8-19-14/h7-8,10,12-13H,5-6,9,11H2,1-4H3,(H,20,23). The molecule has 1 aliphatic rings. The van der Waals surface area contributed by atoms with Gasteiger partial charge in [-0.15, -0.1) is 0 Å². The fourth-order valence-corrected chi connectivity index (χ4v) is 2.57. The summed E-state index contributed by atoms with van der Waals surface area (Å²) in [6.45, 7) is 8.07. The van der Waals surface area contributed by atoms with E-state index in [-0.39, 0.29) is 12.0 Å². The Bertz CT molecular complexity index is 588. The van der Waals surface area contributed by atoms with Crippen molar-refractivity contribution >= 4 is 12.0 Å². The summed E-state index contributed by atoms with van der Waals surface area (Å²) in [6.07, 6.45) is 5.62. The van der Waals surface area contributed by atoms with E-state index in [1.165, 1.54) is 0 Å². The zero-order valence-corrected chi connectivity index (χ0v) is 15.2. The van der Waals surface area contributed by atoms with E-state index < -0.39 is 17.7 Å². The number of amides is 2. The molecule has 2 atom stereocenters. The molecule has 2 amide bonds. The highest BCUT2D eigenvalue weighted by atomic mass is 16.6. The molecule has 25 heavy (non-hydrogen) atoms. The molecule has 0 spiro atoms. The molecule has 0 radical (unpaired) electrons. The quantitative estimate of drug-likeness (QED) is 0.889. The minimum Gasteiger partial charge on any atom is -0.471 e. The van der Waals surface area contributed by atoms with Gasteiger partial charge in [-0.05, 0) is 40.5 Å². The zero-order valence-electron chi connectivity index (χ0n) is 15.2. The van der Waals surface area contributed by atoms with Crippen LogP contribution in [0.4, 0.5) is 4.79 Å². The number of carbonyl (C=O) groups excluding carboxylic acids is 2. The van der Waals surface area contributed by atoms with Crippen LogP contribution in [0, 0.1) is 0 Å². The molecule has 1 aromatic heterocycles. The fourth-order valence-electron chi connectivity index (χ4n) is 2.57. The number of rotatable bonds is 4. The van der Waals surface area contributed by atoms with Crippen LogP contribution in [0.3, 0.4) is 0 Å². The van der Waals surface area contributed by atoms with E-state index in [9.17, 15) is 9.59 Å². The molecule has 0 bridgehead atoms. The molecular weight excluding hydrogens is 324 g/mol. The lowest BCUT2D eigenvalue weighted by Gasteiger charge is -2.34. The first-order valence-corrected chi connectivity index (χ1v) is 8.45. The summed E-state index contributed by atoms with van der Waals surface area (Å²) in [4.78, 5) is 34.1. The maximum atomic E-state index is 12.6. The Morgan fingerprint density at radius 3 is 2.76 bits per heavy atom. The van der Waals surface area contributed by atoms with Gasteiger partial charge in [0.25, 0.3) is 0 Å². The van der Waals surface area contributed by atoms with Gasteiger partial charge in [-0.2, -0.15) is 0 Å². The van der Waals surface area contributed by atoms with Gasteiger partial charge in [-0.25, -0.2) is 9.78 Å². The summed E-state index contributed by atoms with van der Waals surface area (Å²) in [5, 5.41) is 2.58. The third-order valence-corrected chi connectivity index (χ3v) is 3.62. The van der Waals surface area contributed by atoms with Gasteiger partial charge in [0.15, 0.2) is 0 Å². The monoisotopic (exact) mass is 350 g/mol. The Morgan fingerprint density at radius 1 is 1.36 bits per heavy atom. The highest BCUT2D eigenvalue weighted by Gasteiger charge is 2.29. The van der Waals surface area contributed by atoms with Gasteiger partial charge in [0.05, 0.1) is 12.7 Å². The number of carbonyl (C=O) groups is 2. The first kappa shape index (κ1) is 19.0. The molecule has 1 aliphatic heterocycles. The second kappa shape index (κ2) is 8.13. The molecule has 138 valence electrons. The number of hydrogen-bond donors (Lipinski definition) is 1. The number of piperidine rings is 1. The van der Waals surface area contributed by atoms with Gasteiger partial charge in [-0.1, -0.05) is 0 Å². The number of nitrogens with zero attached hydrogens (tertiary/aromatic N) is 3. The molecule has 1 saturated heterocycles. The van der Waals surface area contributed by atoms with Crippen molar-refractivity contribution in [2.24, 2.45) is 0 Å². The molecule has 2 unspecified atom stereocenters. The minimum absolute atomic E-state index is 0.136. The predicted octanol–water partition coefficient (Wildman–Crippen LogP) is 1.76. The number of nitrogens with one attached hydrogen (secondary N) is 1. The lowest BCUT2D eigenvalue weighted by Crippen LogP contribution is -2.52. The molecule has 0 saturated carbocycles. The number of ether oxygens (including phenoxy) is 2. The maximum Gasteiger partial charge on any atom is 0.408 e. The second-order valence-electron chi connectivity index (χ2n) is 7.08. The first-order valence-electron chi connectivity index (χ1n) is 8.45. The number of likely N-dealkylation sites (tertiary alicyclic amines) is 1. The summed E-state index contributed by atoms with van der Waals surface area (Å²) in [5.74, 6) is 0.292. The second-order valence-corrected chi connectivity index (χ2v) is 7.08. The van der Waals surface area contributed by atoms with E-state index in [0.717, 1.165) is 12.8 Å². The molecule has 1 fully saturated rings. The molecule has 8 nitrogen and oxygen atoms in total. The Kier molecular flexibility index (Phi) is 6.17. The average Bonchev–Trinajstić information content (AvgIpc) is 2.53. The fraction of sp³-hybridized carbons (Fsp3) is 0.647. The van der Waals surface area contributed by atoms with Crippen LogP contribution in [0.1, 0.15) is 40.5 Å². The van der Waals surface area contributed by atoms with Gasteiger partial charge in [0, 0.05) is 18.9 Å². The summed E-state index contributed by atoms with van der Waals surface area (Å²) in [6, 6.07) is -0.662. The van der Waals surface area contributed by atoms with Crippen molar-refractivity contribution in [2.75, 3.05) is 13.1 Å². The van der Waals surface area contributed by atoms with Crippen molar-refractivity contribution in [3.8, 4) is 5.88 Å². The number of alkyl carbamates (subject to hydrolysis) is 1. The van der Waals surface area contributed by atoms with Crippen molar-refractivity contribution in [3.63, 3.8) is 0 Å². The lowest BCUT2D eigenvalue weighted by molar-refractivity contribution is -0.135. The van der Waals surface area contributed by atoms with Gasteiger partial charge >= 0.3 is 6.09 Å². The Hall–Kier alpha value is -2.38. The SMILES string of the molecule is CC(NC(=O)OC(C)(C)C)C(=O)N1CCCC(Oc2cnccn2)C1. The Balaban J connectivity index is 1.87. The van der Waals surface area contributed by atoms with Crippen LogP contribution in [0.5, 0.6) is 5.88 Å². The highest BCUT2D eigenvalue weighted by molar-refractivity contribution is 5.85. The Labute approximate surface area is 147 Å². The van der Waals surface area contributed by atoms with Crippen molar-refractivity contribution in [1.82, 2.24) is 20.2 Å². The normalized spacial score (nSPS) is 19.0. The van der Waals surface area contributed by atoms with Crippen LogP contribution in [0.25, 0.3) is 0 Å². The van der Waals surface area contributed by atoms with E-state index in [1.54, 1.807) is 51.2 Å². The van der Waals surface area contributed by atoms with E-state index in [1.807, 2.05) is 0 Å². The van der Waals surface area contributed by atoms with Crippen LogP contribution in [0.15, 0.2) is 18.6 Å². The van der Waals surface area contributed by atoms with E-state index in [0.29, 0.717) is 19.0 Å². The lowest BCUT2D eigenvalue weighted by atomic mass is 10.1. The minimum atomic E-state index is -0.662. The summed E-state index contributed by atoms with van der Waals surface area (Å²) < 4.78 is 11.0. The van der Waals surface area contributed by atoms with Crippen LogP contribution in [0.2, 0.25) is 0 Å².